The van der Waals surface area contributed by atoms with Crippen LogP contribution in [0, 0.1) is 19.8 Å². The fraction of sp³-hybridized carbons (Fsp3) is 0.429. The van der Waals surface area contributed by atoms with Crippen molar-refractivity contribution in [3.8, 4) is 0 Å². The molecule has 1 aromatic carbocycles. The first-order chi connectivity index (χ1) is 12.5. The highest BCUT2D eigenvalue weighted by Crippen LogP contribution is 2.24. The van der Waals surface area contributed by atoms with E-state index in [0.717, 1.165) is 23.3 Å². The van der Waals surface area contributed by atoms with Crippen LogP contribution in [0.25, 0.3) is 11.0 Å². The SMILES string of the molecule is CC[C@@H](C)[C@H](NC(=O)CCn1c(C)ccc1C)c1nc2ccccc2[nH]1. The molecule has 0 aliphatic rings. The van der Waals surface area contributed by atoms with Gasteiger partial charge >= 0.3 is 0 Å². The minimum absolute atomic E-state index is 0.0586. The standard InChI is InChI=1S/C21H28N4O/c1-5-14(2)20(21-22-17-8-6-7-9-18(17)23-21)24-19(26)12-13-25-15(3)10-11-16(25)4/h6-11,14,20H,5,12-13H2,1-4H3,(H,22,23)(H,24,26)/t14-,20+/m1/s1. The van der Waals surface area contributed by atoms with E-state index in [1.807, 2.05) is 24.3 Å². The van der Waals surface area contributed by atoms with E-state index >= 15 is 0 Å². The third-order valence-corrected chi connectivity index (χ3v) is 5.21. The average Bonchev–Trinajstić information content (AvgIpc) is 3.20. The number of carbonyl (C=O) groups excluding carboxylic acids is 1. The van der Waals surface area contributed by atoms with Crippen LogP contribution >= 0.6 is 0 Å². The van der Waals surface area contributed by atoms with Crippen LogP contribution in [0.4, 0.5) is 0 Å². The zero-order valence-corrected chi connectivity index (χ0v) is 16.0. The second-order valence-corrected chi connectivity index (χ2v) is 7.09. The molecule has 1 amide bonds. The Morgan fingerprint density at radius 2 is 1.88 bits per heavy atom. The lowest BCUT2D eigenvalue weighted by atomic mass is 9.98. The number of carbonyl (C=O) groups is 1. The highest BCUT2D eigenvalue weighted by molar-refractivity contribution is 5.77. The van der Waals surface area contributed by atoms with Crippen molar-refractivity contribution in [3.63, 3.8) is 0 Å². The van der Waals surface area contributed by atoms with Gasteiger partial charge in [-0.05, 0) is 44.0 Å². The number of nitrogens with one attached hydrogen (secondary N) is 2. The molecule has 138 valence electrons. The van der Waals surface area contributed by atoms with Crippen molar-refractivity contribution < 1.29 is 4.79 Å². The van der Waals surface area contributed by atoms with Crippen LogP contribution in [0.15, 0.2) is 36.4 Å². The summed E-state index contributed by atoms with van der Waals surface area (Å²) in [5, 5.41) is 3.20. The van der Waals surface area contributed by atoms with Gasteiger partial charge in [0.25, 0.3) is 0 Å². The van der Waals surface area contributed by atoms with E-state index in [0.29, 0.717) is 18.9 Å². The number of amides is 1. The Kier molecular flexibility index (Phi) is 5.45. The minimum atomic E-state index is -0.105. The number of benzene rings is 1. The van der Waals surface area contributed by atoms with Crippen LogP contribution in [-0.4, -0.2) is 20.4 Å². The molecule has 0 saturated heterocycles. The predicted octanol–water partition coefficient (Wildman–Crippen LogP) is 4.27. The molecule has 3 rings (SSSR count). The Morgan fingerprint density at radius 3 is 2.54 bits per heavy atom. The highest BCUT2D eigenvalue weighted by Gasteiger charge is 2.23. The van der Waals surface area contributed by atoms with Crippen LogP contribution in [0.3, 0.4) is 0 Å². The Hall–Kier alpha value is -2.56. The van der Waals surface area contributed by atoms with E-state index < -0.39 is 0 Å². The number of aryl methyl sites for hydroxylation is 2. The molecule has 0 aliphatic heterocycles. The molecule has 2 N–H and O–H groups in total. The molecular formula is C21H28N4O. The summed E-state index contributed by atoms with van der Waals surface area (Å²) in [5.41, 5.74) is 4.31. The van der Waals surface area contributed by atoms with Gasteiger partial charge in [-0.2, -0.15) is 0 Å². The smallest absolute Gasteiger partial charge is 0.222 e. The number of nitrogens with zero attached hydrogens (tertiary/aromatic N) is 2. The molecule has 0 saturated carbocycles. The number of aromatic amines is 1. The molecule has 2 aromatic heterocycles. The van der Waals surface area contributed by atoms with E-state index in [2.05, 4.69) is 54.7 Å². The van der Waals surface area contributed by atoms with Gasteiger partial charge in [0.15, 0.2) is 0 Å². The molecule has 5 heteroatoms. The van der Waals surface area contributed by atoms with Gasteiger partial charge in [0.05, 0.1) is 17.1 Å². The van der Waals surface area contributed by atoms with E-state index in [9.17, 15) is 4.79 Å². The summed E-state index contributed by atoms with van der Waals surface area (Å²) in [6, 6.07) is 12.0. The maximum atomic E-state index is 12.6. The quantitative estimate of drug-likeness (QED) is 0.667. The zero-order chi connectivity index (χ0) is 18.7. The molecule has 5 nitrogen and oxygen atoms in total. The fourth-order valence-corrected chi connectivity index (χ4v) is 3.35. The normalized spacial score (nSPS) is 13.7. The van der Waals surface area contributed by atoms with Crippen molar-refractivity contribution in [2.75, 3.05) is 0 Å². The molecule has 26 heavy (non-hydrogen) atoms. The number of hydrogen-bond acceptors (Lipinski definition) is 2. The highest BCUT2D eigenvalue weighted by atomic mass is 16.1. The third-order valence-electron chi connectivity index (χ3n) is 5.21. The van der Waals surface area contributed by atoms with Crippen LogP contribution in [0.1, 0.15) is 49.9 Å². The van der Waals surface area contributed by atoms with Gasteiger partial charge in [0.2, 0.25) is 5.91 Å². The lowest BCUT2D eigenvalue weighted by molar-refractivity contribution is -0.122. The first-order valence-corrected chi connectivity index (χ1v) is 9.36. The minimum Gasteiger partial charge on any atom is -0.349 e. The van der Waals surface area contributed by atoms with Crippen molar-refractivity contribution in [2.45, 2.75) is 53.1 Å². The van der Waals surface area contributed by atoms with Crippen molar-refractivity contribution in [1.82, 2.24) is 19.9 Å². The molecule has 0 radical (unpaired) electrons. The number of rotatable bonds is 7. The largest absolute Gasteiger partial charge is 0.349 e. The van der Waals surface area contributed by atoms with Gasteiger partial charge in [0.1, 0.15) is 5.82 Å². The van der Waals surface area contributed by atoms with Crippen LogP contribution in [0.5, 0.6) is 0 Å². The van der Waals surface area contributed by atoms with Gasteiger partial charge < -0.3 is 14.9 Å². The number of aromatic nitrogens is 3. The first kappa shape index (κ1) is 18.2. The van der Waals surface area contributed by atoms with Crippen molar-refractivity contribution in [2.24, 2.45) is 5.92 Å². The summed E-state index contributed by atoms with van der Waals surface area (Å²) in [5.74, 6) is 1.19. The maximum Gasteiger partial charge on any atom is 0.222 e. The Balaban J connectivity index is 1.73. The molecule has 2 heterocycles. The summed E-state index contributed by atoms with van der Waals surface area (Å²) in [4.78, 5) is 20.7. The monoisotopic (exact) mass is 352 g/mol. The summed E-state index contributed by atoms with van der Waals surface area (Å²) in [6.07, 6.45) is 1.43. The van der Waals surface area contributed by atoms with Gasteiger partial charge in [-0.25, -0.2) is 4.98 Å². The lowest BCUT2D eigenvalue weighted by Gasteiger charge is -2.22. The molecule has 0 unspecified atom stereocenters. The Labute approximate surface area is 154 Å². The number of hydrogen-bond donors (Lipinski definition) is 2. The van der Waals surface area contributed by atoms with Gasteiger partial charge in [-0.15, -0.1) is 0 Å². The maximum absolute atomic E-state index is 12.6. The zero-order valence-electron chi connectivity index (χ0n) is 16.0. The molecule has 0 aliphatic carbocycles. The number of para-hydroxylation sites is 2. The van der Waals surface area contributed by atoms with E-state index in [1.54, 1.807) is 0 Å². The van der Waals surface area contributed by atoms with Gasteiger partial charge in [-0.3, -0.25) is 4.79 Å². The molecular weight excluding hydrogens is 324 g/mol. The Morgan fingerprint density at radius 1 is 1.19 bits per heavy atom. The molecule has 3 aromatic rings. The van der Waals surface area contributed by atoms with Crippen molar-refractivity contribution in [3.05, 3.63) is 53.6 Å². The summed E-state index contributed by atoms with van der Waals surface area (Å²) in [6.45, 7) is 9.13. The third kappa shape index (κ3) is 3.82. The van der Waals surface area contributed by atoms with E-state index in [-0.39, 0.29) is 11.9 Å². The fourth-order valence-electron chi connectivity index (χ4n) is 3.35. The van der Waals surface area contributed by atoms with Crippen LogP contribution < -0.4 is 5.32 Å². The molecule has 0 bridgehead atoms. The number of imidazole rings is 1. The van der Waals surface area contributed by atoms with Crippen molar-refractivity contribution >= 4 is 16.9 Å². The van der Waals surface area contributed by atoms with E-state index in [4.69, 9.17) is 4.98 Å². The van der Waals surface area contributed by atoms with Gasteiger partial charge in [0, 0.05) is 24.4 Å². The average molecular weight is 352 g/mol. The summed E-state index contributed by atoms with van der Waals surface area (Å²) in [7, 11) is 0. The van der Waals surface area contributed by atoms with Gasteiger partial charge in [-0.1, -0.05) is 32.4 Å². The molecule has 0 spiro atoms. The summed E-state index contributed by atoms with van der Waals surface area (Å²) >= 11 is 0. The summed E-state index contributed by atoms with van der Waals surface area (Å²) < 4.78 is 2.18. The second kappa shape index (κ2) is 7.77. The lowest BCUT2D eigenvalue weighted by Crippen LogP contribution is -2.33. The first-order valence-electron chi connectivity index (χ1n) is 9.36. The predicted molar refractivity (Wildman–Crippen MR) is 105 cm³/mol. The van der Waals surface area contributed by atoms with E-state index in [1.165, 1.54) is 11.4 Å². The van der Waals surface area contributed by atoms with Crippen molar-refractivity contribution in [1.29, 1.82) is 0 Å². The molecule has 2 atom stereocenters. The van der Waals surface area contributed by atoms with Crippen LogP contribution in [0.2, 0.25) is 0 Å². The molecule has 0 fully saturated rings. The number of fused-ring (bicyclic) bond motifs is 1. The van der Waals surface area contributed by atoms with Crippen LogP contribution in [-0.2, 0) is 11.3 Å². The number of H-pyrrole nitrogens is 1. The topological polar surface area (TPSA) is 62.7 Å². The Bertz CT molecular complexity index is 840. The second-order valence-electron chi connectivity index (χ2n) is 7.09.